The van der Waals surface area contributed by atoms with Crippen molar-refractivity contribution in [3.63, 3.8) is 0 Å². The van der Waals surface area contributed by atoms with Gasteiger partial charge in [0, 0.05) is 12.0 Å². The molecule has 100 valence electrons. The molecule has 0 radical (unpaired) electrons. The van der Waals surface area contributed by atoms with E-state index in [1.54, 1.807) is 25.1 Å². The Kier molecular flexibility index (Phi) is 4.68. The molecule has 0 aliphatic carbocycles. The van der Waals surface area contributed by atoms with Gasteiger partial charge in [0.25, 0.3) is 0 Å². The van der Waals surface area contributed by atoms with Gasteiger partial charge >= 0.3 is 13.6 Å². The summed E-state index contributed by atoms with van der Waals surface area (Å²) in [6.07, 6.45) is 0.688. The van der Waals surface area contributed by atoms with Gasteiger partial charge in [-0.15, -0.1) is 0 Å². The third kappa shape index (κ3) is 3.19. The molecule has 0 aliphatic rings. The molecular weight excluding hydrogens is 255 g/mol. The molecule has 0 aliphatic heterocycles. The van der Waals surface area contributed by atoms with Crippen molar-refractivity contribution in [3.05, 3.63) is 35.9 Å². The molecule has 0 spiro atoms. The Morgan fingerprint density at radius 2 is 1.89 bits per heavy atom. The lowest BCUT2D eigenvalue weighted by atomic mass is 10.1. The summed E-state index contributed by atoms with van der Waals surface area (Å²) in [5, 5.41) is -1.93. The molecule has 1 atom stereocenters. The summed E-state index contributed by atoms with van der Waals surface area (Å²) < 4.78 is 16.6. The van der Waals surface area contributed by atoms with E-state index in [1.807, 2.05) is 0 Å². The lowest BCUT2D eigenvalue weighted by molar-refractivity contribution is -0.153. The highest BCUT2D eigenvalue weighted by atomic mass is 31.2. The van der Waals surface area contributed by atoms with Gasteiger partial charge in [-0.05, 0) is 13.3 Å². The van der Waals surface area contributed by atoms with E-state index in [0.29, 0.717) is 6.42 Å². The summed E-state index contributed by atoms with van der Waals surface area (Å²) in [5.74, 6) is -0.618. The Labute approximate surface area is 106 Å². The number of carbonyl (C=O) groups excluding carboxylic acids is 1. The minimum Gasteiger partial charge on any atom is -0.441 e. The lowest BCUT2D eigenvalue weighted by Gasteiger charge is -2.30. The standard InChI is InChI=1S/C12H17O5P/c1-3-7-11(13)17-12(2,18(14,15)16)10-8-5-4-6-9-10/h4-6,8-9H,3,7H2,1-2H3,(H2,14,15,16). The topological polar surface area (TPSA) is 83.8 Å². The van der Waals surface area contributed by atoms with Crippen LogP contribution in [0.25, 0.3) is 0 Å². The zero-order valence-electron chi connectivity index (χ0n) is 10.4. The molecule has 0 heterocycles. The summed E-state index contributed by atoms with van der Waals surface area (Å²) >= 11 is 0. The van der Waals surface area contributed by atoms with Crippen LogP contribution in [0.5, 0.6) is 0 Å². The van der Waals surface area contributed by atoms with E-state index >= 15 is 0 Å². The smallest absolute Gasteiger partial charge is 0.373 e. The summed E-state index contributed by atoms with van der Waals surface area (Å²) in [4.78, 5) is 30.4. The van der Waals surface area contributed by atoms with Crippen molar-refractivity contribution in [3.8, 4) is 0 Å². The Balaban J connectivity index is 3.13. The van der Waals surface area contributed by atoms with E-state index in [-0.39, 0.29) is 12.0 Å². The number of hydrogen-bond donors (Lipinski definition) is 2. The highest BCUT2D eigenvalue weighted by Gasteiger charge is 2.47. The van der Waals surface area contributed by atoms with E-state index in [0.717, 1.165) is 0 Å². The second-order valence-corrected chi connectivity index (χ2v) is 6.06. The zero-order chi connectivity index (χ0) is 13.8. The Morgan fingerprint density at radius 1 is 1.33 bits per heavy atom. The average Bonchev–Trinajstić information content (AvgIpc) is 2.28. The first-order valence-corrected chi connectivity index (χ1v) is 7.25. The summed E-state index contributed by atoms with van der Waals surface area (Å²) in [6, 6.07) is 8.04. The lowest BCUT2D eigenvalue weighted by Crippen LogP contribution is -2.29. The maximum Gasteiger partial charge on any atom is 0.373 e. The quantitative estimate of drug-likeness (QED) is 0.635. The highest BCUT2D eigenvalue weighted by Crippen LogP contribution is 2.57. The molecule has 2 N–H and O–H groups in total. The normalized spacial score (nSPS) is 14.9. The highest BCUT2D eigenvalue weighted by molar-refractivity contribution is 7.52. The molecule has 1 rings (SSSR count). The van der Waals surface area contributed by atoms with Crippen LogP contribution in [0.3, 0.4) is 0 Å². The van der Waals surface area contributed by atoms with Crippen molar-refractivity contribution >= 4 is 13.6 Å². The van der Waals surface area contributed by atoms with Crippen molar-refractivity contribution in [1.29, 1.82) is 0 Å². The fourth-order valence-corrected chi connectivity index (χ4v) is 2.22. The molecule has 1 aromatic carbocycles. The molecule has 1 unspecified atom stereocenters. The summed E-state index contributed by atoms with van der Waals surface area (Å²) in [6.45, 7) is 3.02. The number of hydrogen-bond acceptors (Lipinski definition) is 3. The van der Waals surface area contributed by atoms with Crippen LogP contribution in [-0.2, 0) is 19.4 Å². The predicted molar refractivity (Wildman–Crippen MR) is 66.8 cm³/mol. The van der Waals surface area contributed by atoms with Crippen molar-refractivity contribution in [2.24, 2.45) is 0 Å². The van der Waals surface area contributed by atoms with Crippen LogP contribution in [0.2, 0.25) is 0 Å². The van der Waals surface area contributed by atoms with Crippen molar-refractivity contribution in [2.45, 2.75) is 32.0 Å². The Morgan fingerprint density at radius 3 is 2.33 bits per heavy atom. The maximum atomic E-state index is 11.6. The van der Waals surface area contributed by atoms with E-state index in [1.165, 1.54) is 19.1 Å². The van der Waals surface area contributed by atoms with E-state index in [2.05, 4.69) is 0 Å². The van der Waals surface area contributed by atoms with Gasteiger partial charge in [-0.25, -0.2) is 0 Å². The van der Waals surface area contributed by atoms with Gasteiger partial charge < -0.3 is 14.5 Å². The SMILES string of the molecule is CCCC(=O)OC(C)(c1ccccc1)P(=O)(O)O. The number of ether oxygens (including phenoxy) is 1. The van der Waals surface area contributed by atoms with Crippen LogP contribution >= 0.6 is 7.60 Å². The van der Waals surface area contributed by atoms with Crippen molar-refractivity contribution < 1.29 is 23.9 Å². The molecule has 5 nitrogen and oxygen atoms in total. The average molecular weight is 272 g/mol. The maximum absolute atomic E-state index is 11.6. The van der Waals surface area contributed by atoms with Gasteiger partial charge in [-0.1, -0.05) is 37.3 Å². The van der Waals surface area contributed by atoms with Gasteiger partial charge in [0.1, 0.15) is 0 Å². The summed E-state index contributed by atoms with van der Waals surface area (Å²) in [7, 11) is -4.63. The van der Waals surface area contributed by atoms with Crippen LogP contribution in [0.1, 0.15) is 32.3 Å². The first-order valence-electron chi connectivity index (χ1n) is 5.64. The second-order valence-electron chi connectivity index (χ2n) is 4.12. The van der Waals surface area contributed by atoms with Gasteiger partial charge in [0.15, 0.2) is 0 Å². The fourth-order valence-electron chi connectivity index (χ4n) is 1.51. The largest absolute Gasteiger partial charge is 0.441 e. The van der Waals surface area contributed by atoms with Gasteiger partial charge in [0.2, 0.25) is 5.34 Å². The first kappa shape index (κ1) is 14.9. The molecule has 0 bridgehead atoms. The molecule has 18 heavy (non-hydrogen) atoms. The molecule has 0 saturated heterocycles. The van der Waals surface area contributed by atoms with Gasteiger partial charge in [-0.3, -0.25) is 9.36 Å². The van der Waals surface area contributed by atoms with E-state index in [4.69, 9.17) is 4.74 Å². The summed E-state index contributed by atoms with van der Waals surface area (Å²) in [5.41, 5.74) is 0.280. The van der Waals surface area contributed by atoms with Crippen LogP contribution < -0.4 is 0 Å². The monoisotopic (exact) mass is 272 g/mol. The van der Waals surface area contributed by atoms with Crippen molar-refractivity contribution in [2.75, 3.05) is 0 Å². The molecule has 0 amide bonds. The Hall–Kier alpha value is -1.16. The van der Waals surface area contributed by atoms with E-state index < -0.39 is 18.9 Å². The van der Waals surface area contributed by atoms with Crippen LogP contribution in [0.4, 0.5) is 0 Å². The van der Waals surface area contributed by atoms with Gasteiger partial charge in [-0.2, -0.15) is 0 Å². The van der Waals surface area contributed by atoms with Crippen LogP contribution in [0, 0.1) is 0 Å². The van der Waals surface area contributed by atoms with Crippen LogP contribution in [0.15, 0.2) is 30.3 Å². The van der Waals surface area contributed by atoms with Crippen LogP contribution in [-0.4, -0.2) is 15.8 Å². The number of esters is 1. The molecule has 0 fully saturated rings. The molecular formula is C12H17O5P. The predicted octanol–water partition coefficient (Wildman–Crippen LogP) is 2.38. The van der Waals surface area contributed by atoms with E-state index in [9.17, 15) is 19.1 Å². The number of rotatable bonds is 5. The van der Waals surface area contributed by atoms with Gasteiger partial charge in [0.05, 0.1) is 0 Å². The minimum absolute atomic E-state index is 0.127. The Bertz CT molecular complexity index is 453. The minimum atomic E-state index is -4.63. The van der Waals surface area contributed by atoms with Crippen molar-refractivity contribution in [1.82, 2.24) is 0 Å². The molecule has 0 aromatic heterocycles. The number of carbonyl (C=O) groups is 1. The third-order valence-electron chi connectivity index (χ3n) is 2.63. The molecule has 6 heteroatoms. The third-order valence-corrected chi connectivity index (χ3v) is 4.09. The number of benzene rings is 1. The molecule has 1 aromatic rings. The second kappa shape index (κ2) is 5.65. The molecule has 0 saturated carbocycles. The first-order chi connectivity index (χ1) is 8.31. The fraction of sp³-hybridized carbons (Fsp3) is 0.417. The zero-order valence-corrected chi connectivity index (χ0v) is 11.3.